The topological polar surface area (TPSA) is 94.8 Å². The molecule has 158 valence electrons. The SMILES string of the molecule is Cc1cc2oc(=O)cc(COC(=O)CCNC(=O)OC(C)(C)C)c2cc1C(C)C. The number of carbonyl (C=O) groups excluding carboxylic acids is 2. The van der Waals surface area contributed by atoms with Gasteiger partial charge in [-0.25, -0.2) is 9.59 Å². The van der Waals surface area contributed by atoms with Crippen molar-refractivity contribution in [2.45, 2.75) is 66.1 Å². The molecule has 29 heavy (non-hydrogen) atoms. The molecule has 1 aromatic carbocycles. The summed E-state index contributed by atoms with van der Waals surface area (Å²) in [7, 11) is 0. The van der Waals surface area contributed by atoms with E-state index in [2.05, 4.69) is 19.2 Å². The predicted molar refractivity (Wildman–Crippen MR) is 110 cm³/mol. The third-order valence-corrected chi connectivity index (χ3v) is 4.22. The Morgan fingerprint density at radius 1 is 1.17 bits per heavy atom. The van der Waals surface area contributed by atoms with E-state index in [1.165, 1.54) is 6.07 Å². The van der Waals surface area contributed by atoms with Crippen LogP contribution in [0.25, 0.3) is 11.0 Å². The van der Waals surface area contributed by atoms with Crippen LogP contribution in [-0.2, 0) is 20.9 Å². The van der Waals surface area contributed by atoms with Crippen LogP contribution in [0.1, 0.15) is 63.6 Å². The molecular weight excluding hydrogens is 374 g/mol. The van der Waals surface area contributed by atoms with Gasteiger partial charge in [-0.1, -0.05) is 13.8 Å². The smallest absolute Gasteiger partial charge is 0.407 e. The Morgan fingerprint density at radius 2 is 1.86 bits per heavy atom. The average Bonchev–Trinajstić information content (AvgIpc) is 2.57. The first-order valence-electron chi connectivity index (χ1n) is 9.66. The first-order valence-corrected chi connectivity index (χ1v) is 9.66. The van der Waals surface area contributed by atoms with E-state index in [9.17, 15) is 14.4 Å². The summed E-state index contributed by atoms with van der Waals surface area (Å²) >= 11 is 0. The van der Waals surface area contributed by atoms with Gasteiger partial charge in [-0.2, -0.15) is 0 Å². The summed E-state index contributed by atoms with van der Waals surface area (Å²) in [6, 6.07) is 5.15. The zero-order valence-corrected chi connectivity index (χ0v) is 17.9. The van der Waals surface area contributed by atoms with Crippen LogP contribution in [0.4, 0.5) is 4.79 Å². The normalized spacial score (nSPS) is 11.6. The number of hydrogen-bond donors (Lipinski definition) is 1. The maximum atomic E-state index is 12.0. The summed E-state index contributed by atoms with van der Waals surface area (Å²) in [6.07, 6.45) is -0.594. The lowest BCUT2D eigenvalue weighted by atomic mass is 9.95. The summed E-state index contributed by atoms with van der Waals surface area (Å²) in [6.45, 7) is 11.5. The fourth-order valence-corrected chi connectivity index (χ4v) is 2.94. The quantitative estimate of drug-likeness (QED) is 0.574. The van der Waals surface area contributed by atoms with Crippen molar-refractivity contribution in [1.82, 2.24) is 5.32 Å². The summed E-state index contributed by atoms with van der Waals surface area (Å²) in [4.78, 5) is 35.5. The molecule has 0 bridgehead atoms. The van der Waals surface area contributed by atoms with E-state index in [1.807, 2.05) is 19.1 Å². The van der Waals surface area contributed by atoms with Crippen LogP contribution < -0.4 is 10.9 Å². The minimum atomic E-state index is -0.604. The van der Waals surface area contributed by atoms with Gasteiger partial charge in [0.1, 0.15) is 17.8 Å². The Kier molecular flexibility index (Phi) is 7.06. The van der Waals surface area contributed by atoms with Crippen LogP contribution in [0.5, 0.6) is 0 Å². The van der Waals surface area contributed by atoms with Gasteiger partial charge in [0.2, 0.25) is 0 Å². The van der Waals surface area contributed by atoms with E-state index in [0.29, 0.717) is 17.1 Å². The van der Waals surface area contributed by atoms with Crippen LogP contribution in [0.15, 0.2) is 27.4 Å². The monoisotopic (exact) mass is 403 g/mol. The molecule has 1 N–H and O–H groups in total. The van der Waals surface area contributed by atoms with Gasteiger partial charge in [0.25, 0.3) is 0 Å². The maximum absolute atomic E-state index is 12.0. The number of esters is 1. The van der Waals surface area contributed by atoms with Crippen molar-refractivity contribution in [1.29, 1.82) is 0 Å². The van der Waals surface area contributed by atoms with Crippen molar-refractivity contribution in [2.75, 3.05) is 6.54 Å². The summed E-state index contributed by atoms with van der Waals surface area (Å²) < 4.78 is 15.7. The zero-order chi connectivity index (χ0) is 21.8. The second kappa shape index (κ2) is 9.11. The number of alkyl carbamates (subject to hydrolysis) is 1. The molecule has 0 aliphatic rings. The van der Waals surface area contributed by atoms with Crippen LogP contribution >= 0.6 is 0 Å². The van der Waals surface area contributed by atoms with E-state index in [0.717, 1.165) is 16.5 Å². The third kappa shape index (κ3) is 6.62. The molecule has 0 spiro atoms. The molecule has 0 aliphatic heterocycles. The highest BCUT2D eigenvalue weighted by Crippen LogP contribution is 2.27. The van der Waals surface area contributed by atoms with Crippen LogP contribution in [0, 0.1) is 6.92 Å². The molecule has 0 fully saturated rings. The molecule has 0 atom stereocenters. The molecule has 7 heteroatoms. The third-order valence-electron chi connectivity index (χ3n) is 4.22. The molecule has 0 aliphatic carbocycles. The van der Waals surface area contributed by atoms with Crippen molar-refractivity contribution >= 4 is 23.0 Å². The maximum Gasteiger partial charge on any atom is 0.407 e. The standard InChI is InChI=1S/C22H29NO6/c1-13(2)16-11-17-15(10-20(25)28-18(17)9-14(16)3)12-27-19(24)7-8-23-21(26)29-22(4,5)6/h9-11,13H,7-8,12H2,1-6H3,(H,23,26). The first-order chi connectivity index (χ1) is 13.5. The highest BCUT2D eigenvalue weighted by molar-refractivity contribution is 5.82. The van der Waals surface area contributed by atoms with E-state index < -0.39 is 23.3 Å². The molecule has 1 aromatic heterocycles. The number of rotatable bonds is 6. The first kappa shape index (κ1) is 22.5. The number of fused-ring (bicyclic) bond motifs is 1. The van der Waals surface area contributed by atoms with Crippen molar-refractivity contribution < 1.29 is 23.5 Å². The Balaban J connectivity index is 2.02. The number of aryl methyl sites for hydroxylation is 1. The van der Waals surface area contributed by atoms with Gasteiger partial charge < -0.3 is 19.2 Å². The molecule has 0 unspecified atom stereocenters. The number of carbonyl (C=O) groups is 2. The lowest BCUT2D eigenvalue weighted by Crippen LogP contribution is -2.33. The minimum Gasteiger partial charge on any atom is -0.461 e. The highest BCUT2D eigenvalue weighted by Gasteiger charge is 2.16. The van der Waals surface area contributed by atoms with Crippen LogP contribution in [0.3, 0.4) is 0 Å². The Morgan fingerprint density at radius 3 is 2.48 bits per heavy atom. The number of ether oxygens (including phenoxy) is 2. The molecular formula is C22H29NO6. The predicted octanol–water partition coefficient (Wildman–Crippen LogP) is 4.18. The summed E-state index contributed by atoms with van der Waals surface area (Å²) in [5.74, 6) is -0.181. The van der Waals surface area contributed by atoms with Gasteiger partial charge in [0.05, 0.1) is 6.42 Å². The molecule has 2 aromatic rings. The summed E-state index contributed by atoms with van der Waals surface area (Å²) in [5, 5.41) is 3.25. The van der Waals surface area contributed by atoms with Crippen molar-refractivity contribution in [2.24, 2.45) is 0 Å². The zero-order valence-electron chi connectivity index (χ0n) is 17.9. The molecule has 0 radical (unpaired) electrons. The largest absolute Gasteiger partial charge is 0.461 e. The number of amides is 1. The van der Waals surface area contributed by atoms with Gasteiger partial charge in [-0.05, 0) is 56.9 Å². The van der Waals surface area contributed by atoms with E-state index in [-0.39, 0.29) is 19.6 Å². The Hall–Kier alpha value is -2.83. The number of nitrogens with one attached hydrogen (secondary N) is 1. The highest BCUT2D eigenvalue weighted by atomic mass is 16.6. The van der Waals surface area contributed by atoms with Gasteiger partial charge in [0.15, 0.2) is 0 Å². The van der Waals surface area contributed by atoms with Crippen molar-refractivity contribution in [3.05, 3.63) is 45.3 Å². The van der Waals surface area contributed by atoms with Gasteiger partial charge in [0, 0.05) is 23.6 Å². The Bertz CT molecular complexity index is 952. The molecule has 7 nitrogen and oxygen atoms in total. The van der Waals surface area contributed by atoms with Gasteiger partial charge >= 0.3 is 17.7 Å². The lowest BCUT2D eigenvalue weighted by molar-refractivity contribution is -0.144. The van der Waals surface area contributed by atoms with Gasteiger partial charge in [-0.15, -0.1) is 0 Å². The van der Waals surface area contributed by atoms with E-state index >= 15 is 0 Å². The average molecular weight is 403 g/mol. The fraction of sp³-hybridized carbons (Fsp3) is 0.500. The van der Waals surface area contributed by atoms with Crippen molar-refractivity contribution in [3.63, 3.8) is 0 Å². The van der Waals surface area contributed by atoms with Crippen LogP contribution in [0.2, 0.25) is 0 Å². The second-order valence-electron chi connectivity index (χ2n) is 8.29. The second-order valence-corrected chi connectivity index (χ2v) is 8.29. The Labute approximate surface area is 170 Å². The number of benzene rings is 1. The van der Waals surface area contributed by atoms with Crippen molar-refractivity contribution in [3.8, 4) is 0 Å². The fourth-order valence-electron chi connectivity index (χ4n) is 2.94. The van der Waals surface area contributed by atoms with Gasteiger partial charge in [-0.3, -0.25) is 4.79 Å². The van der Waals surface area contributed by atoms with Crippen LogP contribution in [-0.4, -0.2) is 24.2 Å². The number of hydrogen-bond acceptors (Lipinski definition) is 6. The summed E-state index contributed by atoms with van der Waals surface area (Å²) in [5.41, 5.74) is 2.14. The van der Waals surface area contributed by atoms with E-state index in [1.54, 1.807) is 20.8 Å². The molecule has 1 heterocycles. The molecule has 0 saturated carbocycles. The molecule has 2 rings (SSSR count). The molecule has 1 amide bonds. The minimum absolute atomic E-state index is 0.00499. The van der Waals surface area contributed by atoms with E-state index in [4.69, 9.17) is 13.9 Å². The molecule has 0 saturated heterocycles. The lowest BCUT2D eigenvalue weighted by Gasteiger charge is -2.19.